The Morgan fingerprint density at radius 2 is 2.11 bits per heavy atom. The summed E-state index contributed by atoms with van der Waals surface area (Å²) in [5, 5.41) is 12.3. The van der Waals surface area contributed by atoms with Gasteiger partial charge in [-0.2, -0.15) is 10.3 Å². The first kappa shape index (κ1) is 14.5. The average Bonchev–Trinajstić information content (AvgIpc) is 2.38. The normalized spacial score (nSPS) is 11.2. The summed E-state index contributed by atoms with van der Waals surface area (Å²) in [5.74, 6) is 0. The number of nitrogens with zero attached hydrogens (tertiary/aromatic N) is 4. The van der Waals surface area contributed by atoms with E-state index in [-0.39, 0.29) is 5.49 Å². The van der Waals surface area contributed by atoms with Gasteiger partial charge in [-0.25, -0.2) is 4.79 Å². The Kier molecular flexibility index (Phi) is 4.69. The van der Waals surface area contributed by atoms with Crippen LogP contribution in [-0.4, -0.2) is 28.5 Å². The first-order valence-electron chi connectivity index (χ1n) is 4.98. The molecule has 1 aromatic rings. The Balaban J connectivity index is 3.88. The number of thioether (sulfide) groups is 1. The number of urea groups is 1. The highest BCUT2D eigenvalue weighted by Crippen LogP contribution is 2.16. The van der Waals surface area contributed by atoms with Crippen molar-refractivity contribution in [3.8, 4) is 6.07 Å². The monoisotopic (exact) mass is 283 g/mol. The number of nitriles is 1. The second kappa shape index (κ2) is 5.84. The van der Waals surface area contributed by atoms with Crippen molar-refractivity contribution in [1.29, 1.82) is 5.26 Å². The molecule has 0 atom stereocenters. The van der Waals surface area contributed by atoms with Gasteiger partial charge >= 0.3 is 6.03 Å². The van der Waals surface area contributed by atoms with E-state index < -0.39 is 6.03 Å². The number of amides is 2. The fourth-order valence-electron chi connectivity index (χ4n) is 1.45. The number of aromatic nitrogens is 2. The predicted octanol–water partition coefficient (Wildman–Crippen LogP) is 0.927. The number of hydrogen-bond acceptors (Lipinski definition) is 4. The SMILES string of the molecule is CNC(=O)/N=c1/c(C#N)c(SC)n(C)c(=S)n1C. The highest BCUT2D eigenvalue weighted by atomic mass is 32.2. The second-order valence-electron chi connectivity index (χ2n) is 3.39. The molecule has 1 heterocycles. The van der Waals surface area contributed by atoms with Crippen LogP contribution in [0.2, 0.25) is 0 Å². The second-order valence-corrected chi connectivity index (χ2v) is 4.55. The van der Waals surface area contributed by atoms with Crippen LogP contribution in [0.3, 0.4) is 0 Å². The summed E-state index contributed by atoms with van der Waals surface area (Å²) in [6.07, 6.45) is 1.84. The van der Waals surface area contributed by atoms with Crippen molar-refractivity contribution in [1.82, 2.24) is 14.5 Å². The van der Waals surface area contributed by atoms with Crippen molar-refractivity contribution < 1.29 is 4.79 Å². The van der Waals surface area contributed by atoms with Gasteiger partial charge in [0.15, 0.2) is 10.3 Å². The maximum absolute atomic E-state index is 11.3. The Bertz CT molecular complexity index is 650. The van der Waals surface area contributed by atoms with Crippen molar-refractivity contribution in [2.75, 3.05) is 13.3 Å². The summed E-state index contributed by atoms with van der Waals surface area (Å²) in [4.78, 5) is 15.2. The van der Waals surface area contributed by atoms with Gasteiger partial charge in [0, 0.05) is 21.1 Å². The van der Waals surface area contributed by atoms with Crippen LogP contribution >= 0.6 is 24.0 Å². The third-order valence-electron chi connectivity index (χ3n) is 2.36. The van der Waals surface area contributed by atoms with Gasteiger partial charge in [-0.3, -0.25) is 0 Å². The molecule has 0 unspecified atom stereocenters. The van der Waals surface area contributed by atoms with E-state index in [4.69, 9.17) is 12.2 Å². The van der Waals surface area contributed by atoms with Crippen molar-refractivity contribution in [2.45, 2.75) is 5.03 Å². The van der Waals surface area contributed by atoms with Crippen LogP contribution in [0.1, 0.15) is 5.56 Å². The van der Waals surface area contributed by atoms with Crippen LogP contribution in [0.5, 0.6) is 0 Å². The number of rotatable bonds is 1. The molecule has 8 heteroatoms. The summed E-state index contributed by atoms with van der Waals surface area (Å²) in [5.41, 5.74) is 0.606. The minimum Gasteiger partial charge on any atom is -0.339 e. The molecule has 0 saturated heterocycles. The summed E-state index contributed by atoms with van der Waals surface area (Å²) in [6, 6.07) is 1.55. The lowest BCUT2D eigenvalue weighted by Gasteiger charge is -2.12. The largest absolute Gasteiger partial charge is 0.342 e. The van der Waals surface area contributed by atoms with Crippen molar-refractivity contribution in [3.63, 3.8) is 0 Å². The fourth-order valence-corrected chi connectivity index (χ4v) is 2.39. The Morgan fingerprint density at radius 1 is 1.50 bits per heavy atom. The zero-order valence-electron chi connectivity index (χ0n) is 10.5. The van der Waals surface area contributed by atoms with Gasteiger partial charge in [-0.15, -0.1) is 11.8 Å². The fraction of sp³-hybridized carbons (Fsp3) is 0.400. The molecule has 0 bridgehead atoms. The topological polar surface area (TPSA) is 75.1 Å². The van der Waals surface area contributed by atoms with Crippen LogP contribution in [0.25, 0.3) is 0 Å². The molecule has 2 amide bonds. The summed E-state index contributed by atoms with van der Waals surface area (Å²) < 4.78 is 3.76. The van der Waals surface area contributed by atoms with Crippen LogP contribution in [0.4, 0.5) is 4.79 Å². The molecule has 18 heavy (non-hydrogen) atoms. The van der Waals surface area contributed by atoms with Crippen molar-refractivity contribution in [3.05, 3.63) is 15.8 Å². The molecule has 0 fully saturated rings. The van der Waals surface area contributed by atoms with Crippen molar-refractivity contribution in [2.24, 2.45) is 19.1 Å². The van der Waals surface area contributed by atoms with E-state index in [0.29, 0.717) is 15.4 Å². The summed E-state index contributed by atoms with van der Waals surface area (Å²) >= 11 is 6.63. The van der Waals surface area contributed by atoms with E-state index >= 15 is 0 Å². The van der Waals surface area contributed by atoms with Crippen LogP contribution in [0, 0.1) is 16.1 Å². The van der Waals surface area contributed by atoms with Gasteiger partial charge in [-0.1, -0.05) is 0 Å². The molecule has 0 aliphatic carbocycles. The molecule has 1 aromatic heterocycles. The van der Waals surface area contributed by atoms with Gasteiger partial charge < -0.3 is 14.5 Å². The third kappa shape index (κ3) is 2.47. The predicted molar refractivity (Wildman–Crippen MR) is 71.7 cm³/mol. The first-order valence-corrected chi connectivity index (χ1v) is 6.61. The summed E-state index contributed by atoms with van der Waals surface area (Å²) in [7, 11) is 4.93. The van der Waals surface area contributed by atoms with E-state index in [1.807, 2.05) is 6.26 Å². The molecule has 0 aromatic carbocycles. The molecular formula is C10H13N5OS2. The maximum Gasteiger partial charge on any atom is 0.342 e. The van der Waals surface area contributed by atoms with Gasteiger partial charge in [-0.05, 0) is 18.5 Å². The standard InChI is InChI=1S/C10H13N5OS2/c1-12-9(16)13-7-6(5-11)8(18-4)15(3)10(17)14(7)2/h1-4H3,(H,12,16)/b13-7-. The highest BCUT2D eigenvalue weighted by Gasteiger charge is 2.12. The molecule has 1 N–H and O–H groups in total. The highest BCUT2D eigenvalue weighted by molar-refractivity contribution is 7.98. The zero-order valence-corrected chi connectivity index (χ0v) is 12.1. The van der Waals surface area contributed by atoms with Gasteiger partial charge in [0.2, 0.25) is 0 Å². The molecule has 6 nitrogen and oxygen atoms in total. The minimum atomic E-state index is -0.516. The quantitative estimate of drug-likeness (QED) is 0.472. The molecule has 0 spiro atoms. The van der Waals surface area contributed by atoms with Gasteiger partial charge in [0.05, 0.1) is 5.03 Å². The lowest BCUT2D eigenvalue weighted by Crippen LogP contribution is -2.30. The molecule has 96 valence electrons. The Labute approximate surface area is 114 Å². The van der Waals surface area contributed by atoms with E-state index in [2.05, 4.69) is 16.4 Å². The van der Waals surface area contributed by atoms with Gasteiger partial charge in [0.1, 0.15) is 11.6 Å². The van der Waals surface area contributed by atoms with Crippen molar-refractivity contribution >= 4 is 30.0 Å². The number of hydrogen-bond donors (Lipinski definition) is 1. The van der Waals surface area contributed by atoms with Crippen LogP contribution in [0.15, 0.2) is 10.0 Å². The Morgan fingerprint density at radius 3 is 2.56 bits per heavy atom. The van der Waals surface area contributed by atoms with E-state index in [0.717, 1.165) is 0 Å². The van der Waals surface area contributed by atoms with E-state index in [1.165, 1.54) is 18.8 Å². The summed E-state index contributed by atoms with van der Waals surface area (Å²) in [6.45, 7) is 0. The average molecular weight is 283 g/mol. The number of carbonyl (C=O) groups is 1. The zero-order chi connectivity index (χ0) is 13.9. The maximum atomic E-state index is 11.3. The molecule has 0 aliphatic rings. The van der Waals surface area contributed by atoms with Crippen LogP contribution < -0.4 is 10.8 Å². The third-order valence-corrected chi connectivity index (χ3v) is 3.77. The molecular weight excluding hydrogens is 270 g/mol. The smallest absolute Gasteiger partial charge is 0.339 e. The number of carbonyl (C=O) groups excluding carboxylic acids is 1. The Hall–Kier alpha value is -1.59. The molecule has 1 rings (SSSR count). The van der Waals surface area contributed by atoms with Crippen LogP contribution in [-0.2, 0) is 14.1 Å². The first-order chi connectivity index (χ1) is 8.47. The van der Waals surface area contributed by atoms with E-state index in [1.54, 1.807) is 23.2 Å². The van der Waals surface area contributed by atoms with Gasteiger partial charge in [0.25, 0.3) is 0 Å². The van der Waals surface area contributed by atoms with E-state index in [9.17, 15) is 10.1 Å². The molecule has 0 saturated carbocycles. The molecule has 0 radical (unpaired) electrons. The number of nitrogens with one attached hydrogen (secondary N) is 1. The minimum absolute atomic E-state index is 0.268. The lowest BCUT2D eigenvalue weighted by atomic mass is 10.3. The lowest BCUT2D eigenvalue weighted by molar-refractivity contribution is 0.250. The molecule has 0 aliphatic heterocycles.